The van der Waals surface area contributed by atoms with Crippen molar-refractivity contribution in [3.63, 3.8) is 0 Å². The lowest BCUT2D eigenvalue weighted by atomic mass is 10.1. The second kappa shape index (κ2) is 48.7. The SMILES string of the molecule is CC\C=C/C=C\C=C/C=C\C=C\C=C/CCCCCC(=O)OCC(COC(=O)CCCC/C=C\C/C=C\CC)OC(=O)CCCCCCCCC/C=C\CCCCCCCC. The van der Waals surface area contributed by atoms with E-state index in [1.807, 2.05) is 60.8 Å². The summed E-state index contributed by atoms with van der Waals surface area (Å²) in [7, 11) is 0. The molecule has 0 radical (unpaired) electrons. The average Bonchev–Trinajstić information content (AvgIpc) is 3.26. The van der Waals surface area contributed by atoms with Crippen molar-refractivity contribution in [1.29, 1.82) is 0 Å². The number of carbonyl (C=O) groups is 3. The molecule has 1 atom stereocenters. The molecular formula is C55H88O6. The predicted octanol–water partition coefficient (Wildman–Crippen LogP) is 16.0. The highest BCUT2D eigenvalue weighted by Crippen LogP contribution is 2.13. The van der Waals surface area contributed by atoms with E-state index in [1.165, 1.54) is 77.0 Å². The number of hydrogen-bond donors (Lipinski definition) is 0. The van der Waals surface area contributed by atoms with Gasteiger partial charge >= 0.3 is 17.9 Å². The molecule has 0 aliphatic carbocycles. The van der Waals surface area contributed by atoms with Crippen LogP contribution in [0, 0.1) is 0 Å². The molecule has 0 heterocycles. The van der Waals surface area contributed by atoms with Crippen LogP contribution in [0.4, 0.5) is 0 Å². The summed E-state index contributed by atoms with van der Waals surface area (Å²) >= 11 is 0. The molecule has 0 saturated heterocycles. The summed E-state index contributed by atoms with van der Waals surface area (Å²) in [5.41, 5.74) is 0. The Kier molecular flexibility index (Phi) is 45.6. The Morgan fingerprint density at radius 2 is 0.721 bits per heavy atom. The second-order valence-corrected chi connectivity index (χ2v) is 15.8. The van der Waals surface area contributed by atoms with Gasteiger partial charge in [0.15, 0.2) is 6.10 Å². The lowest BCUT2D eigenvalue weighted by Crippen LogP contribution is -2.30. The molecule has 0 rings (SSSR count). The van der Waals surface area contributed by atoms with E-state index in [1.54, 1.807) is 0 Å². The van der Waals surface area contributed by atoms with Gasteiger partial charge in [0.1, 0.15) is 13.2 Å². The highest BCUT2D eigenvalue weighted by molar-refractivity contribution is 5.71. The first-order valence-electron chi connectivity index (χ1n) is 24.5. The fourth-order valence-corrected chi connectivity index (χ4v) is 6.27. The van der Waals surface area contributed by atoms with E-state index in [0.717, 1.165) is 83.5 Å². The third-order valence-corrected chi connectivity index (χ3v) is 9.90. The minimum atomic E-state index is -0.812. The van der Waals surface area contributed by atoms with Crippen LogP contribution in [-0.2, 0) is 28.6 Å². The van der Waals surface area contributed by atoms with Gasteiger partial charge in [-0.3, -0.25) is 14.4 Å². The molecule has 61 heavy (non-hydrogen) atoms. The maximum Gasteiger partial charge on any atom is 0.306 e. The maximum atomic E-state index is 12.8. The molecule has 0 amide bonds. The number of carbonyl (C=O) groups excluding carboxylic acids is 3. The van der Waals surface area contributed by atoms with E-state index in [9.17, 15) is 14.4 Å². The third kappa shape index (κ3) is 47.0. The normalized spacial score (nSPS) is 13.0. The quantitative estimate of drug-likeness (QED) is 0.0200. The first-order chi connectivity index (χ1) is 30.0. The number of allylic oxidation sites excluding steroid dienone is 18. The fourth-order valence-electron chi connectivity index (χ4n) is 6.27. The summed E-state index contributed by atoms with van der Waals surface area (Å²) in [4.78, 5) is 37.8. The van der Waals surface area contributed by atoms with E-state index < -0.39 is 6.10 Å². The van der Waals surface area contributed by atoms with Gasteiger partial charge in [0.2, 0.25) is 0 Å². The molecule has 0 fully saturated rings. The Morgan fingerprint density at radius 3 is 1.25 bits per heavy atom. The minimum Gasteiger partial charge on any atom is -0.462 e. The maximum absolute atomic E-state index is 12.8. The van der Waals surface area contributed by atoms with Crippen molar-refractivity contribution < 1.29 is 28.6 Å². The Bertz CT molecular complexity index is 1290. The number of ether oxygens (including phenoxy) is 3. The molecule has 0 saturated carbocycles. The lowest BCUT2D eigenvalue weighted by molar-refractivity contribution is -0.167. The summed E-state index contributed by atoms with van der Waals surface area (Å²) < 4.78 is 16.7. The standard InChI is InChI=1S/C55H88O6/c1-4-7-10-13-16-19-21-23-25-27-29-31-33-36-39-42-45-48-54(57)60-51-52(50-59-53(56)47-44-41-38-35-18-15-12-9-6-3)61-55(58)49-46-43-40-37-34-32-30-28-26-24-22-20-17-14-11-8-5-2/h7,9-10,12-13,16,18-19,21,23-27,29,31,33,35,52H,4-6,8,11,14-15,17,20,22,28,30,32,34,36-51H2,1-3H3/b10-7-,12-9-,16-13-,21-19-,25-23-,26-24-,29-27+,33-31-,35-18-. The largest absolute Gasteiger partial charge is 0.462 e. The van der Waals surface area contributed by atoms with Gasteiger partial charge < -0.3 is 14.2 Å². The van der Waals surface area contributed by atoms with Crippen LogP contribution in [0.1, 0.15) is 201 Å². The first kappa shape index (κ1) is 57.1. The van der Waals surface area contributed by atoms with E-state index in [4.69, 9.17) is 14.2 Å². The number of hydrogen-bond acceptors (Lipinski definition) is 6. The van der Waals surface area contributed by atoms with Gasteiger partial charge in [-0.05, 0) is 89.9 Å². The van der Waals surface area contributed by atoms with Crippen LogP contribution < -0.4 is 0 Å². The zero-order valence-electron chi connectivity index (χ0n) is 39.1. The number of unbranched alkanes of at least 4 members (excludes halogenated alkanes) is 18. The molecule has 0 aliphatic rings. The van der Waals surface area contributed by atoms with Crippen LogP contribution in [0.3, 0.4) is 0 Å². The molecule has 1 unspecified atom stereocenters. The van der Waals surface area contributed by atoms with Gasteiger partial charge in [0.05, 0.1) is 0 Å². The Labute approximate surface area is 374 Å². The minimum absolute atomic E-state index is 0.114. The molecule has 0 aromatic rings. The molecule has 0 aromatic carbocycles. The van der Waals surface area contributed by atoms with Gasteiger partial charge in [-0.2, -0.15) is 0 Å². The monoisotopic (exact) mass is 845 g/mol. The predicted molar refractivity (Wildman–Crippen MR) is 260 cm³/mol. The van der Waals surface area contributed by atoms with Crippen molar-refractivity contribution in [2.45, 2.75) is 207 Å². The summed E-state index contributed by atoms with van der Waals surface area (Å²) in [5.74, 6) is -1.00. The first-order valence-corrected chi connectivity index (χ1v) is 24.5. The molecule has 0 bridgehead atoms. The number of rotatable bonds is 42. The lowest BCUT2D eigenvalue weighted by Gasteiger charge is -2.18. The molecule has 6 heteroatoms. The van der Waals surface area contributed by atoms with Crippen LogP contribution in [0.15, 0.2) is 109 Å². The van der Waals surface area contributed by atoms with E-state index in [2.05, 4.69) is 69.4 Å². The zero-order valence-corrected chi connectivity index (χ0v) is 39.1. The molecule has 6 nitrogen and oxygen atoms in total. The summed E-state index contributed by atoms with van der Waals surface area (Å²) in [5, 5.41) is 0. The van der Waals surface area contributed by atoms with Crippen LogP contribution >= 0.6 is 0 Å². The molecule has 344 valence electrons. The summed E-state index contributed by atoms with van der Waals surface area (Å²) in [6, 6.07) is 0. The fraction of sp³-hybridized carbons (Fsp3) is 0.618. The highest BCUT2D eigenvalue weighted by atomic mass is 16.6. The van der Waals surface area contributed by atoms with Crippen LogP contribution in [0.25, 0.3) is 0 Å². The van der Waals surface area contributed by atoms with Crippen molar-refractivity contribution in [3.05, 3.63) is 109 Å². The smallest absolute Gasteiger partial charge is 0.306 e. The summed E-state index contributed by atoms with van der Waals surface area (Å²) in [6.45, 7) is 6.27. The van der Waals surface area contributed by atoms with E-state index in [-0.39, 0.29) is 31.1 Å². The van der Waals surface area contributed by atoms with Crippen molar-refractivity contribution >= 4 is 17.9 Å². The molecule has 0 aliphatic heterocycles. The van der Waals surface area contributed by atoms with Crippen molar-refractivity contribution in [3.8, 4) is 0 Å². The molecule has 0 aromatic heterocycles. The Balaban J connectivity index is 4.47. The summed E-state index contributed by atoms with van der Waals surface area (Å²) in [6.07, 6.45) is 65.1. The second-order valence-electron chi connectivity index (χ2n) is 15.8. The van der Waals surface area contributed by atoms with Gasteiger partial charge in [0, 0.05) is 19.3 Å². The topological polar surface area (TPSA) is 78.9 Å². The van der Waals surface area contributed by atoms with E-state index in [0.29, 0.717) is 19.3 Å². The van der Waals surface area contributed by atoms with Gasteiger partial charge in [0.25, 0.3) is 0 Å². The van der Waals surface area contributed by atoms with Gasteiger partial charge in [-0.15, -0.1) is 0 Å². The molecule has 0 N–H and O–H groups in total. The molecular weight excluding hydrogens is 757 g/mol. The van der Waals surface area contributed by atoms with Crippen LogP contribution in [0.2, 0.25) is 0 Å². The van der Waals surface area contributed by atoms with Gasteiger partial charge in [-0.1, -0.05) is 201 Å². The zero-order chi connectivity index (χ0) is 44.4. The Morgan fingerprint density at radius 1 is 0.361 bits per heavy atom. The average molecular weight is 845 g/mol. The van der Waals surface area contributed by atoms with E-state index >= 15 is 0 Å². The highest BCUT2D eigenvalue weighted by Gasteiger charge is 2.19. The van der Waals surface area contributed by atoms with Gasteiger partial charge in [-0.25, -0.2) is 0 Å². The Hall–Kier alpha value is -3.93. The van der Waals surface area contributed by atoms with Crippen molar-refractivity contribution in [2.75, 3.05) is 13.2 Å². The van der Waals surface area contributed by atoms with Crippen LogP contribution in [-0.4, -0.2) is 37.2 Å². The van der Waals surface area contributed by atoms with Crippen LogP contribution in [0.5, 0.6) is 0 Å². The van der Waals surface area contributed by atoms with Crippen molar-refractivity contribution in [2.24, 2.45) is 0 Å². The third-order valence-electron chi connectivity index (χ3n) is 9.90. The number of esters is 3. The molecule has 0 spiro atoms. The van der Waals surface area contributed by atoms with Crippen molar-refractivity contribution in [1.82, 2.24) is 0 Å².